The van der Waals surface area contributed by atoms with Gasteiger partial charge in [0.05, 0.1) is 17.7 Å². The highest BCUT2D eigenvalue weighted by molar-refractivity contribution is 7.80. The van der Waals surface area contributed by atoms with E-state index in [1.54, 1.807) is 11.9 Å². The molecule has 0 aromatic rings. The molecule has 0 aromatic carbocycles. The van der Waals surface area contributed by atoms with Crippen LogP contribution >= 0.6 is 12.2 Å². The lowest BCUT2D eigenvalue weighted by atomic mass is 10.3. The van der Waals surface area contributed by atoms with Gasteiger partial charge in [0.25, 0.3) is 0 Å². The third-order valence-corrected chi connectivity index (χ3v) is 2.65. The maximum absolute atomic E-state index is 11.6. The van der Waals surface area contributed by atoms with Crippen LogP contribution in [-0.4, -0.2) is 55.3 Å². The quantitative estimate of drug-likeness (QED) is 0.664. The van der Waals surface area contributed by atoms with Crippen LogP contribution in [0.5, 0.6) is 0 Å². The molecule has 1 saturated heterocycles. The van der Waals surface area contributed by atoms with Crippen molar-refractivity contribution in [3.63, 3.8) is 0 Å². The molecule has 1 unspecified atom stereocenters. The number of rotatable bonds is 6. The minimum Gasteiger partial charge on any atom is -0.393 e. The van der Waals surface area contributed by atoms with Gasteiger partial charge < -0.3 is 20.1 Å². The summed E-state index contributed by atoms with van der Waals surface area (Å²) in [5.41, 5.74) is 5.36. The van der Waals surface area contributed by atoms with E-state index in [4.69, 9.17) is 27.4 Å². The first-order valence-electron chi connectivity index (χ1n) is 5.31. The van der Waals surface area contributed by atoms with Crippen LogP contribution in [0.15, 0.2) is 0 Å². The van der Waals surface area contributed by atoms with E-state index in [-0.39, 0.29) is 18.6 Å². The van der Waals surface area contributed by atoms with Crippen molar-refractivity contribution in [2.24, 2.45) is 5.73 Å². The molecule has 1 atom stereocenters. The van der Waals surface area contributed by atoms with E-state index in [0.717, 1.165) is 13.0 Å². The Bertz CT molecular complexity index is 254. The second-order valence-corrected chi connectivity index (χ2v) is 4.35. The van der Waals surface area contributed by atoms with Crippen molar-refractivity contribution in [2.45, 2.75) is 18.9 Å². The molecule has 1 aliphatic rings. The van der Waals surface area contributed by atoms with Gasteiger partial charge >= 0.3 is 0 Å². The van der Waals surface area contributed by atoms with Gasteiger partial charge in [-0.05, 0) is 6.42 Å². The lowest BCUT2D eigenvalue weighted by Gasteiger charge is -2.18. The highest BCUT2D eigenvalue weighted by atomic mass is 32.1. The average Bonchev–Trinajstić information content (AvgIpc) is 2.75. The van der Waals surface area contributed by atoms with Crippen molar-refractivity contribution < 1.29 is 14.3 Å². The molecule has 1 rings (SSSR count). The number of hydrogen-bond acceptors (Lipinski definition) is 4. The van der Waals surface area contributed by atoms with Crippen molar-refractivity contribution in [3.05, 3.63) is 0 Å². The number of amides is 1. The smallest absolute Gasteiger partial charge is 0.248 e. The first-order chi connectivity index (χ1) is 7.59. The summed E-state index contributed by atoms with van der Waals surface area (Å²) in [7, 11) is 1.72. The molecule has 0 aromatic heterocycles. The zero-order chi connectivity index (χ0) is 12.0. The molecule has 0 saturated carbocycles. The molecule has 1 amide bonds. The Morgan fingerprint density at radius 2 is 2.44 bits per heavy atom. The van der Waals surface area contributed by atoms with Crippen molar-refractivity contribution >= 4 is 23.1 Å². The zero-order valence-electron chi connectivity index (χ0n) is 9.48. The van der Waals surface area contributed by atoms with Gasteiger partial charge in [-0.1, -0.05) is 12.2 Å². The van der Waals surface area contributed by atoms with E-state index >= 15 is 0 Å². The second kappa shape index (κ2) is 6.78. The molecule has 16 heavy (non-hydrogen) atoms. The third-order valence-electron chi connectivity index (χ3n) is 2.45. The number of thiocarbonyl (C=S) groups is 1. The second-order valence-electron chi connectivity index (χ2n) is 3.83. The Balaban J connectivity index is 2.15. The first kappa shape index (κ1) is 13.3. The molecule has 0 radical (unpaired) electrons. The summed E-state index contributed by atoms with van der Waals surface area (Å²) < 4.78 is 10.6. The number of carbonyl (C=O) groups excluding carboxylic acids is 1. The molecular weight excluding hydrogens is 228 g/mol. The van der Waals surface area contributed by atoms with Crippen LogP contribution in [0.2, 0.25) is 0 Å². The fraction of sp³-hybridized carbons (Fsp3) is 0.800. The predicted octanol–water partition coefficient (Wildman–Crippen LogP) is -0.0735. The van der Waals surface area contributed by atoms with Gasteiger partial charge in [0, 0.05) is 26.6 Å². The Morgan fingerprint density at radius 3 is 3.00 bits per heavy atom. The Morgan fingerprint density at radius 1 is 1.69 bits per heavy atom. The Hall–Kier alpha value is -0.720. The molecule has 0 aliphatic carbocycles. The van der Waals surface area contributed by atoms with Crippen LogP contribution in [-0.2, 0) is 14.3 Å². The van der Waals surface area contributed by atoms with E-state index < -0.39 is 0 Å². The van der Waals surface area contributed by atoms with Crippen molar-refractivity contribution in [1.82, 2.24) is 4.90 Å². The fourth-order valence-corrected chi connectivity index (χ4v) is 1.44. The number of carbonyl (C=O) groups is 1. The molecule has 6 heteroatoms. The fourth-order valence-electron chi connectivity index (χ4n) is 1.35. The van der Waals surface area contributed by atoms with E-state index in [9.17, 15) is 4.79 Å². The summed E-state index contributed by atoms with van der Waals surface area (Å²) in [6, 6.07) is 0. The number of likely N-dealkylation sites (N-methyl/N-ethyl adjacent to an activating group) is 1. The zero-order valence-corrected chi connectivity index (χ0v) is 10.3. The van der Waals surface area contributed by atoms with E-state index in [1.807, 2.05) is 0 Å². The molecule has 5 nitrogen and oxygen atoms in total. The summed E-state index contributed by atoms with van der Waals surface area (Å²) >= 11 is 4.74. The maximum atomic E-state index is 11.6. The highest BCUT2D eigenvalue weighted by Gasteiger charge is 2.18. The lowest BCUT2D eigenvalue weighted by molar-refractivity contribution is -0.136. The number of ether oxygens (including phenoxy) is 2. The van der Waals surface area contributed by atoms with Crippen molar-refractivity contribution in [1.29, 1.82) is 0 Å². The molecular formula is C10H18N2O3S. The van der Waals surface area contributed by atoms with Gasteiger partial charge in [-0.25, -0.2) is 0 Å². The standard InChI is InChI=1S/C10H18N2O3S/c1-12(4-2-9(11)16)10(13)7-15-8-3-5-14-6-8/h8H,2-7H2,1H3,(H2,11,16). The largest absolute Gasteiger partial charge is 0.393 e. The summed E-state index contributed by atoms with van der Waals surface area (Å²) in [4.78, 5) is 13.6. The van der Waals surface area contributed by atoms with Crippen LogP contribution in [0.3, 0.4) is 0 Å². The highest BCUT2D eigenvalue weighted by Crippen LogP contribution is 2.07. The average molecular weight is 246 g/mol. The Kier molecular flexibility index (Phi) is 5.65. The summed E-state index contributed by atoms with van der Waals surface area (Å²) in [6.45, 7) is 1.95. The van der Waals surface area contributed by atoms with Crippen molar-refractivity contribution in [3.8, 4) is 0 Å². The van der Waals surface area contributed by atoms with Crippen molar-refractivity contribution in [2.75, 3.05) is 33.4 Å². The molecule has 92 valence electrons. The summed E-state index contributed by atoms with van der Waals surface area (Å²) in [5.74, 6) is -0.0526. The normalized spacial score (nSPS) is 19.7. The molecule has 2 N–H and O–H groups in total. The van der Waals surface area contributed by atoms with Gasteiger partial charge in [-0.2, -0.15) is 0 Å². The topological polar surface area (TPSA) is 64.8 Å². The van der Waals surface area contributed by atoms with Crippen LogP contribution in [0, 0.1) is 0 Å². The monoisotopic (exact) mass is 246 g/mol. The first-order valence-corrected chi connectivity index (χ1v) is 5.72. The van der Waals surface area contributed by atoms with E-state index in [1.165, 1.54) is 0 Å². The van der Waals surface area contributed by atoms with Crippen LogP contribution < -0.4 is 5.73 Å². The van der Waals surface area contributed by atoms with Gasteiger partial charge in [0.2, 0.25) is 5.91 Å². The van der Waals surface area contributed by atoms with Crippen LogP contribution in [0.1, 0.15) is 12.8 Å². The number of nitrogens with zero attached hydrogens (tertiary/aromatic N) is 1. The predicted molar refractivity (Wildman–Crippen MR) is 64.2 cm³/mol. The van der Waals surface area contributed by atoms with E-state index in [2.05, 4.69) is 0 Å². The molecule has 1 aliphatic heterocycles. The number of hydrogen-bond donors (Lipinski definition) is 1. The van der Waals surface area contributed by atoms with Crippen LogP contribution in [0.25, 0.3) is 0 Å². The SMILES string of the molecule is CN(CCC(N)=S)C(=O)COC1CCOC1. The lowest BCUT2D eigenvalue weighted by Crippen LogP contribution is -2.34. The van der Waals surface area contributed by atoms with Gasteiger partial charge in [-0.3, -0.25) is 4.79 Å². The van der Waals surface area contributed by atoms with Gasteiger partial charge in [-0.15, -0.1) is 0 Å². The maximum Gasteiger partial charge on any atom is 0.248 e. The van der Waals surface area contributed by atoms with E-state index in [0.29, 0.717) is 24.6 Å². The Labute approximate surface area is 101 Å². The summed E-state index contributed by atoms with van der Waals surface area (Å²) in [5, 5.41) is 0. The minimum absolute atomic E-state index is 0.0526. The summed E-state index contributed by atoms with van der Waals surface area (Å²) in [6.07, 6.45) is 1.47. The third kappa shape index (κ3) is 4.87. The van der Waals surface area contributed by atoms with Gasteiger partial charge in [0.15, 0.2) is 0 Å². The number of nitrogens with two attached hydrogens (primary N) is 1. The van der Waals surface area contributed by atoms with Crippen LogP contribution in [0.4, 0.5) is 0 Å². The molecule has 0 spiro atoms. The van der Waals surface area contributed by atoms with Gasteiger partial charge in [0.1, 0.15) is 6.61 Å². The molecule has 1 heterocycles. The minimum atomic E-state index is -0.0526. The molecule has 0 bridgehead atoms. The molecule has 1 fully saturated rings.